The van der Waals surface area contributed by atoms with Crippen LogP contribution in [0.4, 0.5) is 0 Å². The van der Waals surface area contributed by atoms with Crippen LogP contribution in [0.15, 0.2) is 12.1 Å². The predicted molar refractivity (Wildman–Crippen MR) is 67.9 cm³/mol. The van der Waals surface area contributed by atoms with Crippen molar-refractivity contribution >= 4 is 12.4 Å². The van der Waals surface area contributed by atoms with Gasteiger partial charge in [0, 0.05) is 18.7 Å². The minimum absolute atomic E-state index is 0. The van der Waals surface area contributed by atoms with Gasteiger partial charge in [-0.15, -0.1) is 12.4 Å². The maximum atomic E-state index is 5.40. The highest BCUT2D eigenvalue weighted by Gasteiger charge is 2.13. The van der Waals surface area contributed by atoms with Crippen LogP contribution in [0, 0.1) is 0 Å². The molecule has 17 heavy (non-hydrogen) atoms. The van der Waals surface area contributed by atoms with E-state index in [2.05, 4.69) is 0 Å². The van der Waals surface area contributed by atoms with Gasteiger partial charge in [0.1, 0.15) is 12.4 Å². The van der Waals surface area contributed by atoms with E-state index >= 15 is 0 Å². The molecule has 0 saturated heterocycles. The summed E-state index contributed by atoms with van der Waals surface area (Å²) in [7, 11) is 4.68. The molecule has 2 N–H and O–H groups in total. The van der Waals surface area contributed by atoms with E-state index in [0.29, 0.717) is 36.1 Å². The van der Waals surface area contributed by atoms with Gasteiger partial charge < -0.3 is 24.7 Å². The molecule has 0 aliphatic heterocycles. The van der Waals surface area contributed by atoms with Crippen LogP contribution in [0.1, 0.15) is 0 Å². The largest absolute Gasteiger partial charge is 0.493 e. The number of hydrogen-bond donors (Lipinski definition) is 1. The maximum absolute atomic E-state index is 5.40. The first-order valence-electron chi connectivity index (χ1n) is 4.89. The SMILES string of the molecule is COc1cc(OCCN)cc(OC)c1OC.Cl. The lowest BCUT2D eigenvalue weighted by Crippen LogP contribution is -2.10. The van der Waals surface area contributed by atoms with Crippen molar-refractivity contribution in [2.24, 2.45) is 5.73 Å². The topological polar surface area (TPSA) is 62.9 Å². The summed E-state index contributed by atoms with van der Waals surface area (Å²) in [5.74, 6) is 2.31. The molecular weight excluding hydrogens is 246 g/mol. The molecule has 0 radical (unpaired) electrons. The van der Waals surface area contributed by atoms with E-state index in [4.69, 9.17) is 24.7 Å². The summed E-state index contributed by atoms with van der Waals surface area (Å²) in [6.45, 7) is 0.898. The molecule has 0 heterocycles. The molecule has 1 rings (SSSR count). The fourth-order valence-electron chi connectivity index (χ4n) is 1.32. The van der Waals surface area contributed by atoms with Crippen molar-refractivity contribution in [1.29, 1.82) is 0 Å². The van der Waals surface area contributed by atoms with Crippen molar-refractivity contribution in [2.75, 3.05) is 34.5 Å². The summed E-state index contributed by atoms with van der Waals surface area (Å²) in [6, 6.07) is 3.47. The lowest BCUT2D eigenvalue weighted by atomic mass is 10.2. The van der Waals surface area contributed by atoms with Crippen molar-refractivity contribution in [1.82, 2.24) is 0 Å². The molecule has 0 aliphatic rings. The van der Waals surface area contributed by atoms with Gasteiger partial charge in [-0.05, 0) is 0 Å². The van der Waals surface area contributed by atoms with Gasteiger partial charge in [0.2, 0.25) is 5.75 Å². The first-order valence-corrected chi connectivity index (χ1v) is 4.89. The standard InChI is InChI=1S/C11H17NO4.ClH/c1-13-9-6-8(16-5-4-12)7-10(14-2)11(9)15-3;/h6-7H,4-5,12H2,1-3H3;1H. The van der Waals surface area contributed by atoms with Crippen LogP contribution in [0.25, 0.3) is 0 Å². The third-order valence-electron chi connectivity index (χ3n) is 2.02. The second kappa shape index (κ2) is 7.86. The number of ether oxygens (including phenoxy) is 4. The third kappa shape index (κ3) is 3.87. The highest BCUT2D eigenvalue weighted by molar-refractivity contribution is 5.85. The Balaban J connectivity index is 0.00000256. The lowest BCUT2D eigenvalue weighted by Gasteiger charge is -2.14. The zero-order valence-corrected chi connectivity index (χ0v) is 11.0. The minimum Gasteiger partial charge on any atom is -0.493 e. The fourth-order valence-corrected chi connectivity index (χ4v) is 1.32. The van der Waals surface area contributed by atoms with Crippen LogP contribution in [-0.2, 0) is 0 Å². The molecule has 0 spiro atoms. The van der Waals surface area contributed by atoms with Gasteiger partial charge in [-0.2, -0.15) is 0 Å². The van der Waals surface area contributed by atoms with Gasteiger partial charge in [-0.25, -0.2) is 0 Å². The van der Waals surface area contributed by atoms with Gasteiger partial charge in [0.25, 0.3) is 0 Å². The molecule has 0 bridgehead atoms. The van der Waals surface area contributed by atoms with Crippen molar-refractivity contribution in [3.05, 3.63) is 12.1 Å². The molecule has 5 nitrogen and oxygen atoms in total. The van der Waals surface area contributed by atoms with Crippen LogP contribution >= 0.6 is 12.4 Å². The predicted octanol–water partition coefficient (Wildman–Crippen LogP) is 1.47. The quantitative estimate of drug-likeness (QED) is 0.842. The summed E-state index contributed by atoms with van der Waals surface area (Å²) >= 11 is 0. The summed E-state index contributed by atoms with van der Waals surface area (Å²) in [5.41, 5.74) is 5.36. The van der Waals surface area contributed by atoms with Gasteiger partial charge in [-0.1, -0.05) is 0 Å². The summed E-state index contributed by atoms with van der Waals surface area (Å²) in [4.78, 5) is 0. The van der Waals surface area contributed by atoms with Gasteiger partial charge in [0.15, 0.2) is 11.5 Å². The summed E-state index contributed by atoms with van der Waals surface area (Å²) in [6.07, 6.45) is 0. The highest BCUT2D eigenvalue weighted by Crippen LogP contribution is 2.40. The van der Waals surface area contributed by atoms with E-state index in [9.17, 15) is 0 Å². The van der Waals surface area contributed by atoms with Crippen molar-refractivity contribution in [2.45, 2.75) is 0 Å². The summed E-state index contributed by atoms with van der Waals surface area (Å²) < 4.78 is 21.0. The van der Waals surface area contributed by atoms with Crippen LogP contribution in [0.5, 0.6) is 23.0 Å². The molecule has 0 amide bonds. The molecule has 1 aromatic rings. The maximum Gasteiger partial charge on any atom is 0.203 e. The number of halogens is 1. The normalized spacial score (nSPS) is 9.18. The Morgan fingerprint density at radius 2 is 1.53 bits per heavy atom. The molecule has 0 atom stereocenters. The number of hydrogen-bond acceptors (Lipinski definition) is 5. The smallest absolute Gasteiger partial charge is 0.203 e. The molecule has 98 valence electrons. The van der Waals surface area contributed by atoms with Gasteiger partial charge >= 0.3 is 0 Å². The summed E-state index contributed by atoms with van der Waals surface area (Å²) in [5, 5.41) is 0. The number of rotatable bonds is 6. The van der Waals surface area contributed by atoms with E-state index in [-0.39, 0.29) is 12.4 Å². The Morgan fingerprint density at radius 1 is 1.00 bits per heavy atom. The van der Waals surface area contributed by atoms with Crippen molar-refractivity contribution in [3.8, 4) is 23.0 Å². The van der Waals surface area contributed by atoms with E-state index in [1.165, 1.54) is 0 Å². The highest BCUT2D eigenvalue weighted by atomic mass is 35.5. The zero-order chi connectivity index (χ0) is 12.0. The van der Waals surface area contributed by atoms with E-state index in [0.717, 1.165) is 0 Å². The second-order valence-electron chi connectivity index (χ2n) is 3.00. The minimum atomic E-state index is 0. The van der Waals surface area contributed by atoms with E-state index in [1.54, 1.807) is 33.5 Å². The number of methoxy groups -OCH3 is 3. The molecule has 1 aromatic carbocycles. The van der Waals surface area contributed by atoms with Gasteiger partial charge in [0.05, 0.1) is 21.3 Å². The Hall–Kier alpha value is -1.33. The Kier molecular flexibility index (Phi) is 7.25. The van der Waals surface area contributed by atoms with Crippen LogP contribution in [0.2, 0.25) is 0 Å². The number of benzene rings is 1. The second-order valence-corrected chi connectivity index (χ2v) is 3.00. The van der Waals surface area contributed by atoms with Crippen molar-refractivity contribution in [3.63, 3.8) is 0 Å². The Morgan fingerprint density at radius 3 is 1.88 bits per heavy atom. The molecule has 6 heteroatoms. The zero-order valence-electron chi connectivity index (χ0n) is 10.2. The fraction of sp³-hybridized carbons (Fsp3) is 0.455. The van der Waals surface area contributed by atoms with E-state index < -0.39 is 0 Å². The van der Waals surface area contributed by atoms with Crippen LogP contribution in [-0.4, -0.2) is 34.5 Å². The molecule has 0 fully saturated rings. The molecule has 0 saturated carbocycles. The monoisotopic (exact) mass is 263 g/mol. The average molecular weight is 264 g/mol. The van der Waals surface area contributed by atoms with Crippen LogP contribution in [0.3, 0.4) is 0 Å². The van der Waals surface area contributed by atoms with E-state index in [1.807, 2.05) is 0 Å². The van der Waals surface area contributed by atoms with Crippen molar-refractivity contribution < 1.29 is 18.9 Å². The number of nitrogens with two attached hydrogens (primary N) is 1. The first kappa shape index (κ1) is 15.7. The molecule has 0 aliphatic carbocycles. The Bertz CT molecular complexity index is 321. The molecular formula is C11H18ClNO4. The molecule has 0 aromatic heterocycles. The first-order chi connectivity index (χ1) is 7.76. The molecule has 0 unspecified atom stereocenters. The lowest BCUT2D eigenvalue weighted by molar-refractivity contribution is 0.304. The third-order valence-corrected chi connectivity index (χ3v) is 2.02. The average Bonchev–Trinajstić information content (AvgIpc) is 2.34. The van der Waals surface area contributed by atoms with Crippen LogP contribution < -0.4 is 24.7 Å². The van der Waals surface area contributed by atoms with Gasteiger partial charge in [-0.3, -0.25) is 0 Å². The Labute approximate surface area is 107 Å².